The number of hydrogen-bond acceptors (Lipinski definition) is 3. The zero-order chi connectivity index (χ0) is 21.6. The topological polar surface area (TPSA) is 50.4 Å². The Morgan fingerprint density at radius 1 is 0.967 bits per heavy atom. The smallest absolute Gasteiger partial charge is 0.416 e. The standard InChI is InChI=1S/C23H21F3N2O2/c1-30-20-12-6-11-19(14-20)28-22(29)21(17-8-3-2-4-9-17)27-15-16-7-5-10-18(13-16)23(24,25)26/h2-14,21,27H,15H2,1H3,(H,28,29). The molecule has 3 rings (SSSR count). The molecule has 0 spiro atoms. The van der Waals surface area contributed by atoms with Gasteiger partial charge in [-0.05, 0) is 29.3 Å². The number of rotatable bonds is 7. The second kappa shape index (κ2) is 9.45. The van der Waals surface area contributed by atoms with Crippen LogP contribution in [0.25, 0.3) is 0 Å². The highest BCUT2D eigenvalue weighted by molar-refractivity contribution is 5.95. The Bertz CT molecular complexity index is 991. The first-order valence-corrected chi connectivity index (χ1v) is 9.26. The second-order valence-electron chi connectivity index (χ2n) is 6.64. The number of benzene rings is 3. The number of ether oxygens (including phenoxy) is 1. The van der Waals surface area contributed by atoms with E-state index in [-0.39, 0.29) is 12.5 Å². The molecule has 0 fully saturated rings. The lowest BCUT2D eigenvalue weighted by atomic mass is 10.0. The highest BCUT2D eigenvalue weighted by Gasteiger charge is 2.30. The van der Waals surface area contributed by atoms with Crippen LogP contribution in [0.4, 0.5) is 18.9 Å². The lowest BCUT2D eigenvalue weighted by molar-refractivity contribution is -0.137. The summed E-state index contributed by atoms with van der Waals surface area (Å²) in [7, 11) is 1.53. The molecule has 1 amide bonds. The summed E-state index contributed by atoms with van der Waals surface area (Å²) in [6.07, 6.45) is -4.42. The summed E-state index contributed by atoms with van der Waals surface area (Å²) in [6, 6.07) is 20.2. The first-order chi connectivity index (χ1) is 14.4. The van der Waals surface area contributed by atoms with Crippen molar-refractivity contribution >= 4 is 11.6 Å². The number of amides is 1. The van der Waals surface area contributed by atoms with Crippen LogP contribution in [0.1, 0.15) is 22.7 Å². The SMILES string of the molecule is COc1cccc(NC(=O)C(NCc2cccc(C(F)(F)F)c2)c2ccccc2)c1. The maximum absolute atomic E-state index is 13.0. The molecule has 0 saturated heterocycles. The van der Waals surface area contributed by atoms with Crippen molar-refractivity contribution < 1.29 is 22.7 Å². The summed E-state index contributed by atoms with van der Waals surface area (Å²) >= 11 is 0. The molecule has 156 valence electrons. The zero-order valence-electron chi connectivity index (χ0n) is 16.2. The molecule has 2 N–H and O–H groups in total. The maximum Gasteiger partial charge on any atom is 0.416 e. The number of hydrogen-bond donors (Lipinski definition) is 2. The third-order valence-electron chi connectivity index (χ3n) is 4.50. The van der Waals surface area contributed by atoms with Crippen molar-refractivity contribution in [1.29, 1.82) is 0 Å². The summed E-state index contributed by atoms with van der Waals surface area (Å²) in [4.78, 5) is 13.0. The Kier molecular flexibility index (Phi) is 6.74. The number of nitrogens with one attached hydrogen (secondary N) is 2. The third kappa shape index (κ3) is 5.61. The molecule has 3 aromatic rings. The average molecular weight is 414 g/mol. The molecule has 0 aliphatic carbocycles. The van der Waals surface area contributed by atoms with Crippen molar-refractivity contribution in [3.05, 3.63) is 95.6 Å². The second-order valence-corrected chi connectivity index (χ2v) is 6.64. The van der Waals surface area contributed by atoms with Crippen molar-refractivity contribution in [2.75, 3.05) is 12.4 Å². The minimum absolute atomic E-state index is 0.0923. The molecule has 1 atom stereocenters. The van der Waals surface area contributed by atoms with E-state index in [0.29, 0.717) is 22.6 Å². The number of carbonyl (C=O) groups excluding carboxylic acids is 1. The summed E-state index contributed by atoms with van der Waals surface area (Å²) in [5, 5.41) is 5.89. The molecule has 1 unspecified atom stereocenters. The Morgan fingerprint density at radius 2 is 1.70 bits per heavy atom. The van der Waals surface area contributed by atoms with E-state index in [9.17, 15) is 18.0 Å². The van der Waals surface area contributed by atoms with E-state index in [1.165, 1.54) is 13.2 Å². The van der Waals surface area contributed by atoms with Crippen LogP contribution in [0.3, 0.4) is 0 Å². The quantitative estimate of drug-likeness (QED) is 0.560. The predicted octanol–water partition coefficient (Wildman–Crippen LogP) is 5.18. The van der Waals surface area contributed by atoms with Crippen LogP contribution in [0, 0.1) is 0 Å². The normalized spacial score (nSPS) is 12.3. The molecule has 0 aliphatic heterocycles. The Labute approximate surface area is 172 Å². The predicted molar refractivity (Wildman–Crippen MR) is 109 cm³/mol. The molecule has 3 aromatic carbocycles. The summed E-state index contributed by atoms with van der Waals surface area (Å²) < 4.78 is 44.1. The zero-order valence-corrected chi connectivity index (χ0v) is 16.2. The molecular weight excluding hydrogens is 393 g/mol. The highest BCUT2D eigenvalue weighted by Crippen LogP contribution is 2.29. The largest absolute Gasteiger partial charge is 0.497 e. The molecular formula is C23H21F3N2O2. The van der Waals surface area contributed by atoms with E-state index in [0.717, 1.165) is 12.1 Å². The average Bonchev–Trinajstić information content (AvgIpc) is 2.74. The van der Waals surface area contributed by atoms with Crippen molar-refractivity contribution in [1.82, 2.24) is 5.32 Å². The lowest BCUT2D eigenvalue weighted by Crippen LogP contribution is -2.32. The first kappa shape index (κ1) is 21.4. The van der Waals surface area contributed by atoms with Gasteiger partial charge in [-0.25, -0.2) is 0 Å². The van der Waals surface area contributed by atoms with Gasteiger partial charge in [-0.3, -0.25) is 10.1 Å². The molecule has 0 aromatic heterocycles. The van der Waals surface area contributed by atoms with Gasteiger partial charge in [-0.15, -0.1) is 0 Å². The summed E-state index contributed by atoms with van der Waals surface area (Å²) in [5.41, 5.74) is 0.963. The van der Waals surface area contributed by atoms with Crippen LogP contribution >= 0.6 is 0 Å². The van der Waals surface area contributed by atoms with Crippen LogP contribution < -0.4 is 15.4 Å². The number of carbonyl (C=O) groups is 1. The molecule has 0 saturated carbocycles. The van der Waals surface area contributed by atoms with Gasteiger partial charge >= 0.3 is 6.18 Å². The fourth-order valence-electron chi connectivity index (χ4n) is 3.00. The molecule has 0 heterocycles. The molecule has 7 heteroatoms. The van der Waals surface area contributed by atoms with Gasteiger partial charge in [0.2, 0.25) is 5.91 Å². The summed E-state index contributed by atoms with van der Waals surface area (Å²) in [5.74, 6) is 0.266. The minimum Gasteiger partial charge on any atom is -0.497 e. The molecule has 0 aliphatic rings. The Hall–Kier alpha value is -3.32. The Balaban J connectivity index is 1.79. The van der Waals surface area contributed by atoms with Gasteiger partial charge in [-0.2, -0.15) is 13.2 Å². The number of halogens is 3. The maximum atomic E-state index is 13.0. The molecule has 0 bridgehead atoms. The van der Waals surface area contributed by atoms with E-state index >= 15 is 0 Å². The van der Waals surface area contributed by atoms with Crippen molar-refractivity contribution in [3.63, 3.8) is 0 Å². The first-order valence-electron chi connectivity index (χ1n) is 9.26. The van der Waals surface area contributed by atoms with Crippen LogP contribution in [0.5, 0.6) is 5.75 Å². The van der Waals surface area contributed by atoms with Gasteiger partial charge in [0.15, 0.2) is 0 Å². The molecule has 0 radical (unpaired) electrons. The van der Waals surface area contributed by atoms with Gasteiger partial charge in [0.05, 0.1) is 12.7 Å². The van der Waals surface area contributed by atoms with Gasteiger partial charge in [-0.1, -0.05) is 54.6 Å². The van der Waals surface area contributed by atoms with Crippen LogP contribution in [-0.4, -0.2) is 13.0 Å². The van der Waals surface area contributed by atoms with Crippen LogP contribution in [0.15, 0.2) is 78.9 Å². The summed E-state index contributed by atoms with van der Waals surface area (Å²) in [6.45, 7) is 0.0923. The lowest BCUT2D eigenvalue weighted by Gasteiger charge is -2.20. The van der Waals surface area contributed by atoms with Crippen LogP contribution in [-0.2, 0) is 17.5 Å². The van der Waals surface area contributed by atoms with Gasteiger partial charge in [0.25, 0.3) is 0 Å². The monoisotopic (exact) mass is 414 g/mol. The van der Waals surface area contributed by atoms with Gasteiger partial charge in [0.1, 0.15) is 11.8 Å². The van der Waals surface area contributed by atoms with E-state index < -0.39 is 17.8 Å². The number of anilines is 1. The van der Waals surface area contributed by atoms with Crippen LogP contribution in [0.2, 0.25) is 0 Å². The number of alkyl halides is 3. The highest BCUT2D eigenvalue weighted by atomic mass is 19.4. The van der Waals surface area contributed by atoms with E-state index in [2.05, 4.69) is 10.6 Å². The number of methoxy groups -OCH3 is 1. The molecule has 30 heavy (non-hydrogen) atoms. The fourth-order valence-corrected chi connectivity index (χ4v) is 3.00. The molecule has 4 nitrogen and oxygen atoms in total. The van der Waals surface area contributed by atoms with Crippen molar-refractivity contribution in [3.8, 4) is 5.75 Å². The van der Waals surface area contributed by atoms with E-state index in [1.807, 2.05) is 6.07 Å². The van der Waals surface area contributed by atoms with Gasteiger partial charge in [0, 0.05) is 18.3 Å². The van der Waals surface area contributed by atoms with Gasteiger partial charge < -0.3 is 10.1 Å². The van der Waals surface area contributed by atoms with Crippen molar-refractivity contribution in [2.24, 2.45) is 0 Å². The Morgan fingerprint density at radius 3 is 2.40 bits per heavy atom. The van der Waals surface area contributed by atoms with E-state index in [4.69, 9.17) is 4.74 Å². The fraction of sp³-hybridized carbons (Fsp3) is 0.174. The van der Waals surface area contributed by atoms with Crippen molar-refractivity contribution in [2.45, 2.75) is 18.8 Å². The third-order valence-corrected chi connectivity index (χ3v) is 4.50. The van der Waals surface area contributed by atoms with E-state index in [1.54, 1.807) is 54.6 Å². The minimum atomic E-state index is -4.42.